The summed E-state index contributed by atoms with van der Waals surface area (Å²) in [5.74, 6) is 4.57. The smallest absolute Gasteiger partial charge is 0.233 e. The molecule has 5 heteroatoms. The number of aliphatic hydroxyl groups excluding tert-OH is 1. The average molecular weight is 292 g/mol. The van der Waals surface area contributed by atoms with E-state index < -0.39 is 5.82 Å². The Hall–Kier alpha value is -1.90. The molecule has 1 rings (SSSR count). The van der Waals surface area contributed by atoms with Gasteiger partial charge in [0.05, 0.1) is 12.1 Å². The molecule has 0 bridgehead atoms. The van der Waals surface area contributed by atoms with Crippen molar-refractivity contribution >= 4 is 5.91 Å². The van der Waals surface area contributed by atoms with Crippen LogP contribution < -0.4 is 5.32 Å². The number of carbonyl (C=O) groups is 1. The minimum Gasteiger partial charge on any atom is -0.384 e. The highest BCUT2D eigenvalue weighted by molar-refractivity contribution is 5.77. The fourth-order valence-corrected chi connectivity index (χ4v) is 1.97. The van der Waals surface area contributed by atoms with Crippen LogP contribution >= 0.6 is 0 Å². The number of hydrogen-bond acceptors (Lipinski definition) is 3. The molecular formula is C16H21FN2O2. The molecule has 1 amide bonds. The zero-order valence-corrected chi connectivity index (χ0v) is 12.4. The monoisotopic (exact) mass is 292 g/mol. The number of nitrogens with zero attached hydrogens (tertiary/aromatic N) is 1. The maximum absolute atomic E-state index is 13.6. The van der Waals surface area contributed by atoms with Crippen molar-refractivity contribution in [1.29, 1.82) is 0 Å². The second kappa shape index (κ2) is 9.11. The summed E-state index contributed by atoms with van der Waals surface area (Å²) < 4.78 is 13.6. The van der Waals surface area contributed by atoms with Crippen LogP contribution in [-0.2, 0) is 11.3 Å². The molecule has 0 heterocycles. The van der Waals surface area contributed by atoms with Crippen LogP contribution in [0.2, 0.25) is 0 Å². The van der Waals surface area contributed by atoms with Crippen molar-refractivity contribution < 1.29 is 14.3 Å². The van der Waals surface area contributed by atoms with E-state index in [1.165, 1.54) is 6.07 Å². The normalized spacial score (nSPS) is 10.1. The Balaban J connectivity index is 2.85. The van der Waals surface area contributed by atoms with E-state index in [1.807, 2.05) is 11.8 Å². The summed E-state index contributed by atoms with van der Waals surface area (Å²) in [4.78, 5) is 13.5. The highest BCUT2D eigenvalue weighted by atomic mass is 19.1. The first-order valence-electron chi connectivity index (χ1n) is 6.91. The second-order valence-electron chi connectivity index (χ2n) is 4.66. The Morgan fingerprint density at radius 1 is 1.48 bits per heavy atom. The van der Waals surface area contributed by atoms with Gasteiger partial charge < -0.3 is 10.4 Å². The van der Waals surface area contributed by atoms with Gasteiger partial charge in [-0.25, -0.2) is 4.39 Å². The molecule has 1 aromatic rings. The molecule has 4 nitrogen and oxygen atoms in total. The van der Waals surface area contributed by atoms with Crippen LogP contribution in [0.15, 0.2) is 18.2 Å². The van der Waals surface area contributed by atoms with Crippen molar-refractivity contribution in [2.24, 2.45) is 0 Å². The number of nitrogens with one attached hydrogen (secondary N) is 1. The van der Waals surface area contributed by atoms with Gasteiger partial charge in [-0.15, -0.1) is 0 Å². The van der Waals surface area contributed by atoms with Gasteiger partial charge >= 0.3 is 0 Å². The standard InChI is InChI=1S/C16H21FN2O2/c1-3-8-19(12-16(21)18-2)11-13-6-7-15(17)14(10-13)5-4-9-20/h6-7,10,20H,3,8-9,11-12H2,1-2H3,(H,18,21). The van der Waals surface area contributed by atoms with Gasteiger partial charge in [0.25, 0.3) is 0 Å². The summed E-state index contributed by atoms with van der Waals surface area (Å²) >= 11 is 0. The molecule has 0 aromatic heterocycles. The lowest BCUT2D eigenvalue weighted by Gasteiger charge is -2.20. The zero-order valence-electron chi connectivity index (χ0n) is 12.4. The summed E-state index contributed by atoms with van der Waals surface area (Å²) in [6.45, 7) is 3.37. The third-order valence-corrected chi connectivity index (χ3v) is 2.92. The summed E-state index contributed by atoms with van der Waals surface area (Å²) in [5, 5.41) is 11.3. The number of halogens is 1. The zero-order chi connectivity index (χ0) is 15.7. The van der Waals surface area contributed by atoms with Gasteiger partial charge in [0.1, 0.15) is 12.4 Å². The minimum absolute atomic E-state index is 0.0501. The lowest BCUT2D eigenvalue weighted by molar-refractivity contribution is -0.121. The Labute approximate surface area is 125 Å². The fraction of sp³-hybridized carbons (Fsp3) is 0.438. The van der Waals surface area contributed by atoms with Gasteiger partial charge in [-0.2, -0.15) is 0 Å². The molecule has 1 aromatic carbocycles. The number of rotatable bonds is 6. The van der Waals surface area contributed by atoms with E-state index in [0.29, 0.717) is 13.1 Å². The Morgan fingerprint density at radius 3 is 2.86 bits per heavy atom. The Kier molecular flexibility index (Phi) is 7.44. The average Bonchev–Trinajstić information content (AvgIpc) is 2.47. The van der Waals surface area contributed by atoms with Crippen LogP contribution in [-0.4, -0.2) is 42.7 Å². The molecule has 0 atom stereocenters. The predicted octanol–water partition coefficient (Wildman–Crippen LogP) is 1.13. The number of carbonyl (C=O) groups excluding carboxylic acids is 1. The first-order valence-corrected chi connectivity index (χ1v) is 6.91. The van der Waals surface area contributed by atoms with Crippen molar-refractivity contribution in [2.45, 2.75) is 19.9 Å². The van der Waals surface area contributed by atoms with E-state index in [-0.39, 0.29) is 18.1 Å². The molecule has 0 radical (unpaired) electrons. The quantitative estimate of drug-likeness (QED) is 0.773. The van der Waals surface area contributed by atoms with Crippen molar-refractivity contribution in [2.75, 3.05) is 26.7 Å². The molecular weight excluding hydrogens is 271 g/mol. The number of amides is 1. The first kappa shape index (κ1) is 17.2. The Morgan fingerprint density at radius 2 is 2.24 bits per heavy atom. The molecule has 0 spiro atoms. The van der Waals surface area contributed by atoms with Crippen LogP contribution in [0.1, 0.15) is 24.5 Å². The Bertz CT molecular complexity index is 535. The molecule has 0 saturated heterocycles. The summed E-state index contributed by atoms with van der Waals surface area (Å²) in [6, 6.07) is 4.71. The maximum Gasteiger partial charge on any atom is 0.233 e. The summed E-state index contributed by atoms with van der Waals surface area (Å²) in [5.41, 5.74) is 1.15. The van der Waals surface area contributed by atoms with Crippen molar-refractivity contribution in [3.8, 4) is 11.8 Å². The molecule has 0 saturated carbocycles. The first-order chi connectivity index (χ1) is 10.1. The lowest BCUT2D eigenvalue weighted by Crippen LogP contribution is -2.35. The minimum atomic E-state index is -0.409. The number of likely N-dealkylation sites (N-methyl/N-ethyl adjacent to an activating group) is 1. The van der Waals surface area contributed by atoms with Gasteiger partial charge in [0, 0.05) is 13.6 Å². The molecule has 2 N–H and O–H groups in total. The number of aliphatic hydroxyl groups is 1. The summed E-state index contributed by atoms with van der Waals surface area (Å²) in [6.07, 6.45) is 0.926. The highest BCUT2D eigenvalue weighted by Gasteiger charge is 2.10. The molecule has 0 aliphatic heterocycles. The third kappa shape index (κ3) is 5.94. The molecule has 0 fully saturated rings. The predicted molar refractivity (Wildman–Crippen MR) is 80.0 cm³/mol. The van der Waals surface area contributed by atoms with Crippen molar-refractivity contribution in [1.82, 2.24) is 10.2 Å². The van der Waals surface area contributed by atoms with Crippen LogP contribution in [0.4, 0.5) is 4.39 Å². The van der Waals surface area contributed by atoms with Gasteiger partial charge in [-0.1, -0.05) is 24.8 Å². The van der Waals surface area contributed by atoms with E-state index in [9.17, 15) is 9.18 Å². The SMILES string of the molecule is CCCN(CC(=O)NC)Cc1ccc(F)c(C#CCO)c1. The van der Waals surface area contributed by atoms with E-state index in [4.69, 9.17) is 5.11 Å². The van der Waals surface area contributed by atoms with Crippen LogP contribution in [0.3, 0.4) is 0 Å². The number of benzene rings is 1. The van der Waals surface area contributed by atoms with Crippen molar-refractivity contribution in [3.05, 3.63) is 35.1 Å². The molecule has 114 valence electrons. The lowest BCUT2D eigenvalue weighted by atomic mass is 10.1. The topological polar surface area (TPSA) is 52.6 Å². The van der Waals surface area contributed by atoms with Crippen LogP contribution in [0, 0.1) is 17.7 Å². The molecule has 21 heavy (non-hydrogen) atoms. The number of hydrogen-bond donors (Lipinski definition) is 2. The molecule has 0 aliphatic carbocycles. The van der Waals surface area contributed by atoms with Crippen molar-refractivity contribution in [3.63, 3.8) is 0 Å². The largest absolute Gasteiger partial charge is 0.384 e. The third-order valence-electron chi connectivity index (χ3n) is 2.92. The van der Waals surface area contributed by atoms with Gasteiger partial charge in [-0.05, 0) is 30.7 Å². The summed E-state index contributed by atoms with van der Waals surface area (Å²) in [7, 11) is 1.60. The van der Waals surface area contributed by atoms with E-state index in [2.05, 4.69) is 17.2 Å². The fourth-order valence-electron chi connectivity index (χ4n) is 1.97. The van der Waals surface area contributed by atoms with E-state index >= 15 is 0 Å². The van der Waals surface area contributed by atoms with Gasteiger partial charge in [-0.3, -0.25) is 9.69 Å². The molecule has 0 aliphatic rings. The van der Waals surface area contributed by atoms with Gasteiger partial charge in [0.15, 0.2) is 0 Å². The highest BCUT2D eigenvalue weighted by Crippen LogP contribution is 2.12. The van der Waals surface area contributed by atoms with Gasteiger partial charge in [0.2, 0.25) is 5.91 Å². The van der Waals surface area contributed by atoms with E-state index in [0.717, 1.165) is 18.5 Å². The molecule has 0 unspecified atom stereocenters. The maximum atomic E-state index is 13.6. The second-order valence-corrected chi connectivity index (χ2v) is 4.66. The van der Waals surface area contributed by atoms with E-state index in [1.54, 1.807) is 19.2 Å². The van der Waals surface area contributed by atoms with Crippen LogP contribution in [0.25, 0.3) is 0 Å². The van der Waals surface area contributed by atoms with Crippen LogP contribution in [0.5, 0.6) is 0 Å².